The van der Waals surface area contributed by atoms with Crippen LogP contribution in [-0.4, -0.2) is 25.8 Å². The first-order valence-corrected chi connectivity index (χ1v) is 7.03. The average Bonchev–Trinajstić information content (AvgIpc) is 2.38. The second-order valence-electron chi connectivity index (χ2n) is 4.86. The van der Waals surface area contributed by atoms with Crippen LogP contribution in [0.5, 0.6) is 0 Å². The molecule has 0 amide bonds. The number of hydrogen-bond acceptors (Lipinski definition) is 2. The third-order valence-electron chi connectivity index (χ3n) is 3.49. The third kappa shape index (κ3) is 4.43. The molecule has 0 fully saturated rings. The SMILES string of the molecule is CCCC(OC)C(Cc1ccccc1C)NCC. The number of rotatable bonds is 8. The molecular formula is C16H27NO. The van der Waals surface area contributed by atoms with Gasteiger partial charge in [0.05, 0.1) is 6.10 Å². The van der Waals surface area contributed by atoms with Crippen LogP contribution < -0.4 is 5.32 Å². The fourth-order valence-corrected chi connectivity index (χ4v) is 2.44. The van der Waals surface area contributed by atoms with Crippen LogP contribution in [0, 0.1) is 6.92 Å². The van der Waals surface area contributed by atoms with Gasteiger partial charge in [-0.05, 0) is 37.4 Å². The molecule has 0 aromatic heterocycles. The molecule has 1 N–H and O–H groups in total. The first kappa shape index (κ1) is 15.2. The van der Waals surface area contributed by atoms with Gasteiger partial charge in [-0.1, -0.05) is 44.5 Å². The second-order valence-corrected chi connectivity index (χ2v) is 4.86. The number of hydrogen-bond donors (Lipinski definition) is 1. The molecule has 2 unspecified atom stereocenters. The summed E-state index contributed by atoms with van der Waals surface area (Å²) >= 11 is 0. The van der Waals surface area contributed by atoms with Crippen LogP contribution in [0.25, 0.3) is 0 Å². The number of ether oxygens (including phenoxy) is 1. The molecule has 0 heterocycles. The van der Waals surface area contributed by atoms with E-state index >= 15 is 0 Å². The van der Waals surface area contributed by atoms with Crippen LogP contribution in [0.3, 0.4) is 0 Å². The number of methoxy groups -OCH3 is 1. The van der Waals surface area contributed by atoms with Gasteiger partial charge in [0, 0.05) is 13.2 Å². The molecule has 0 radical (unpaired) electrons. The van der Waals surface area contributed by atoms with E-state index in [1.54, 1.807) is 0 Å². The highest BCUT2D eigenvalue weighted by Crippen LogP contribution is 2.15. The van der Waals surface area contributed by atoms with Crippen molar-refractivity contribution in [3.63, 3.8) is 0 Å². The van der Waals surface area contributed by atoms with Gasteiger partial charge in [0.25, 0.3) is 0 Å². The third-order valence-corrected chi connectivity index (χ3v) is 3.49. The van der Waals surface area contributed by atoms with Gasteiger partial charge in [0.1, 0.15) is 0 Å². The zero-order valence-electron chi connectivity index (χ0n) is 12.2. The summed E-state index contributed by atoms with van der Waals surface area (Å²) in [5, 5.41) is 3.57. The van der Waals surface area contributed by atoms with Crippen LogP contribution in [0.4, 0.5) is 0 Å². The molecule has 0 aliphatic heterocycles. The van der Waals surface area contributed by atoms with Gasteiger partial charge >= 0.3 is 0 Å². The lowest BCUT2D eigenvalue weighted by Crippen LogP contribution is -2.42. The Bertz CT molecular complexity index is 338. The van der Waals surface area contributed by atoms with Gasteiger partial charge in [-0.25, -0.2) is 0 Å². The van der Waals surface area contributed by atoms with E-state index < -0.39 is 0 Å². The molecule has 2 nitrogen and oxygen atoms in total. The van der Waals surface area contributed by atoms with E-state index in [1.807, 2.05) is 7.11 Å². The van der Waals surface area contributed by atoms with Crippen molar-refractivity contribution in [2.75, 3.05) is 13.7 Å². The predicted octanol–water partition coefficient (Wildman–Crippen LogP) is 3.33. The minimum atomic E-state index is 0.301. The Morgan fingerprint density at radius 3 is 2.50 bits per heavy atom. The Labute approximate surface area is 112 Å². The number of aryl methyl sites for hydroxylation is 1. The van der Waals surface area contributed by atoms with Crippen LogP contribution in [0.2, 0.25) is 0 Å². The molecule has 18 heavy (non-hydrogen) atoms. The first-order valence-electron chi connectivity index (χ1n) is 7.03. The summed E-state index contributed by atoms with van der Waals surface area (Å²) in [6.45, 7) is 7.53. The highest BCUT2D eigenvalue weighted by molar-refractivity contribution is 5.26. The fraction of sp³-hybridized carbons (Fsp3) is 0.625. The molecule has 0 saturated heterocycles. The topological polar surface area (TPSA) is 21.3 Å². The van der Waals surface area contributed by atoms with Crippen molar-refractivity contribution in [2.24, 2.45) is 0 Å². The van der Waals surface area contributed by atoms with E-state index in [1.165, 1.54) is 11.1 Å². The molecule has 0 aliphatic carbocycles. The molecule has 1 rings (SSSR count). The van der Waals surface area contributed by atoms with Crippen LogP contribution in [-0.2, 0) is 11.2 Å². The van der Waals surface area contributed by atoms with Gasteiger partial charge in [-0.2, -0.15) is 0 Å². The molecule has 0 bridgehead atoms. The summed E-state index contributed by atoms with van der Waals surface area (Å²) in [7, 11) is 1.82. The standard InChI is InChI=1S/C16H27NO/c1-5-9-16(18-4)15(17-6-2)12-14-11-8-7-10-13(14)3/h7-8,10-11,15-17H,5-6,9,12H2,1-4H3. The van der Waals surface area contributed by atoms with Crippen LogP contribution in [0.15, 0.2) is 24.3 Å². The van der Waals surface area contributed by atoms with E-state index in [4.69, 9.17) is 4.74 Å². The summed E-state index contributed by atoms with van der Waals surface area (Å²) in [5.41, 5.74) is 2.79. The minimum absolute atomic E-state index is 0.301. The molecule has 0 saturated carbocycles. The lowest BCUT2D eigenvalue weighted by Gasteiger charge is -2.27. The summed E-state index contributed by atoms with van der Waals surface area (Å²) in [4.78, 5) is 0. The van der Waals surface area contributed by atoms with Gasteiger partial charge in [-0.3, -0.25) is 0 Å². The molecule has 0 aliphatic rings. The van der Waals surface area contributed by atoms with E-state index in [0.29, 0.717) is 12.1 Å². The summed E-state index contributed by atoms with van der Waals surface area (Å²) in [6.07, 6.45) is 3.61. The van der Waals surface area contributed by atoms with Gasteiger partial charge in [0.15, 0.2) is 0 Å². The second kappa shape index (κ2) is 8.28. The van der Waals surface area contributed by atoms with Gasteiger partial charge < -0.3 is 10.1 Å². The lowest BCUT2D eigenvalue weighted by molar-refractivity contribution is 0.0613. The lowest BCUT2D eigenvalue weighted by atomic mass is 9.95. The summed E-state index contributed by atoms with van der Waals surface area (Å²) < 4.78 is 5.65. The fourth-order valence-electron chi connectivity index (χ4n) is 2.44. The number of benzene rings is 1. The van der Waals surface area contributed by atoms with Gasteiger partial charge in [-0.15, -0.1) is 0 Å². The van der Waals surface area contributed by atoms with E-state index in [2.05, 4.69) is 50.4 Å². The van der Waals surface area contributed by atoms with E-state index in [9.17, 15) is 0 Å². The Hall–Kier alpha value is -0.860. The Morgan fingerprint density at radius 1 is 1.22 bits per heavy atom. The van der Waals surface area contributed by atoms with Crippen molar-refractivity contribution in [1.29, 1.82) is 0 Å². The molecule has 2 heteroatoms. The Morgan fingerprint density at radius 2 is 1.94 bits per heavy atom. The minimum Gasteiger partial charge on any atom is -0.380 e. The number of nitrogens with one attached hydrogen (secondary N) is 1. The van der Waals surface area contributed by atoms with Crippen LogP contribution in [0.1, 0.15) is 37.8 Å². The molecular weight excluding hydrogens is 222 g/mol. The van der Waals surface area contributed by atoms with Crippen molar-refractivity contribution < 1.29 is 4.74 Å². The van der Waals surface area contributed by atoms with Crippen molar-refractivity contribution >= 4 is 0 Å². The maximum Gasteiger partial charge on any atom is 0.0727 e. The van der Waals surface area contributed by atoms with Crippen molar-refractivity contribution in [3.05, 3.63) is 35.4 Å². The largest absolute Gasteiger partial charge is 0.380 e. The highest BCUT2D eigenvalue weighted by atomic mass is 16.5. The molecule has 1 aromatic rings. The van der Waals surface area contributed by atoms with Crippen LogP contribution >= 0.6 is 0 Å². The maximum atomic E-state index is 5.65. The number of likely N-dealkylation sites (N-methyl/N-ethyl adjacent to an activating group) is 1. The summed E-state index contributed by atoms with van der Waals surface area (Å²) in [6, 6.07) is 9.02. The quantitative estimate of drug-likeness (QED) is 0.763. The Kier molecular flexibility index (Phi) is 6.99. The maximum absolute atomic E-state index is 5.65. The zero-order chi connectivity index (χ0) is 13.4. The van der Waals surface area contributed by atoms with Crippen molar-refractivity contribution in [1.82, 2.24) is 5.32 Å². The molecule has 102 valence electrons. The van der Waals surface area contributed by atoms with Crippen molar-refractivity contribution in [2.45, 2.75) is 52.2 Å². The normalized spacial score (nSPS) is 14.4. The smallest absolute Gasteiger partial charge is 0.0727 e. The highest BCUT2D eigenvalue weighted by Gasteiger charge is 2.20. The average molecular weight is 249 g/mol. The van der Waals surface area contributed by atoms with Crippen molar-refractivity contribution in [3.8, 4) is 0 Å². The molecule has 0 spiro atoms. The Balaban J connectivity index is 2.75. The van der Waals surface area contributed by atoms with E-state index in [-0.39, 0.29) is 0 Å². The first-order chi connectivity index (χ1) is 8.72. The zero-order valence-corrected chi connectivity index (χ0v) is 12.2. The molecule has 1 aromatic carbocycles. The summed E-state index contributed by atoms with van der Waals surface area (Å²) in [5.74, 6) is 0. The molecule has 2 atom stereocenters. The monoisotopic (exact) mass is 249 g/mol. The van der Waals surface area contributed by atoms with E-state index in [0.717, 1.165) is 25.8 Å². The predicted molar refractivity (Wildman–Crippen MR) is 78.1 cm³/mol. The van der Waals surface area contributed by atoms with Gasteiger partial charge in [0.2, 0.25) is 0 Å².